The fraction of sp³-hybridized carbons (Fsp3) is 0. The number of hydrogen-bond acceptors (Lipinski definition) is 2. The fourth-order valence-corrected chi connectivity index (χ4v) is 14.4. The third-order valence-corrected chi connectivity index (χ3v) is 18.2. The first kappa shape index (κ1) is 48.2. The largest absolute Gasteiger partial charge is 0.456 e. The van der Waals surface area contributed by atoms with Gasteiger partial charge in [0, 0.05) is 27.1 Å². The maximum absolute atomic E-state index is 6.94. The van der Waals surface area contributed by atoms with Crippen molar-refractivity contribution in [2.24, 2.45) is 0 Å². The van der Waals surface area contributed by atoms with Gasteiger partial charge in [0.05, 0.1) is 0 Å². The molecule has 0 atom stereocenters. The summed E-state index contributed by atoms with van der Waals surface area (Å²) in [4.78, 5) is 0. The summed E-state index contributed by atoms with van der Waals surface area (Å²) in [5.41, 5.74) is 20.0. The summed E-state index contributed by atoms with van der Waals surface area (Å²) in [5, 5.41) is 19.2. The highest BCUT2D eigenvalue weighted by atomic mass is 16.3. The van der Waals surface area contributed by atoms with Gasteiger partial charge in [0.15, 0.2) is 0 Å². The summed E-state index contributed by atoms with van der Waals surface area (Å²) in [6, 6.07) is 111. The molecule has 0 bridgehead atoms. The molecule has 0 amide bonds. The van der Waals surface area contributed by atoms with Crippen LogP contribution in [-0.4, -0.2) is 0 Å². The predicted molar refractivity (Wildman–Crippen MR) is 364 cm³/mol. The van der Waals surface area contributed by atoms with Gasteiger partial charge in [0.25, 0.3) is 0 Å². The van der Waals surface area contributed by atoms with Crippen molar-refractivity contribution in [3.63, 3.8) is 0 Å². The lowest BCUT2D eigenvalue weighted by Gasteiger charge is -2.20. The van der Waals surface area contributed by atoms with Crippen LogP contribution >= 0.6 is 0 Å². The summed E-state index contributed by atoms with van der Waals surface area (Å²) in [6.07, 6.45) is 0. The first-order valence-corrected chi connectivity index (χ1v) is 29.6. The van der Waals surface area contributed by atoms with E-state index in [0.717, 1.165) is 82.8 Å². The third-order valence-electron chi connectivity index (χ3n) is 18.2. The molecule has 0 aliphatic heterocycles. The summed E-state index contributed by atoms with van der Waals surface area (Å²) in [7, 11) is 0. The first-order chi connectivity index (χ1) is 42.7. The van der Waals surface area contributed by atoms with Crippen molar-refractivity contribution in [2.75, 3.05) is 0 Å². The van der Waals surface area contributed by atoms with Crippen molar-refractivity contribution in [3.05, 3.63) is 303 Å². The summed E-state index contributed by atoms with van der Waals surface area (Å²) >= 11 is 0. The predicted octanol–water partition coefficient (Wildman–Crippen LogP) is 24.1. The van der Waals surface area contributed by atoms with Crippen LogP contribution in [0.1, 0.15) is 0 Å². The summed E-state index contributed by atoms with van der Waals surface area (Å²) < 4.78 is 13.4. The Kier molecular flexibility index (Phi) is 10.7. The van der Waals surface area contributed by atoms with Crippen molar-refractivity contribution in [1.82, 2.24) is 0 Å². The Bertz CT molecular complexity index is 5700. The van der Waals surface area contributed by atoms with Gasteiger partial charge in [-0.2, -0.15) is 0 Å². The molecule has 0 saturated heterocycles. The summed E-state index contributed by atoms with van der Waals surface area (Å²) in [5.74, 6) is 0. The van der Waals surface area contributed by atoms with Crippen LogP contribution < -0.4 is 0 Å². The minimum atomic E-state index is 0.872. The Balaban J connectivity index is 0.747. The molecule has 86 heavy (non-hydrogen) atoms. The molecule has 18 aromatic rings. The minimum Gasteiger partial charge on any atom is -0.456 e. The number of rotatable bonds is 7. The second-order valence-corrected chi connectivity index (χ2v) is 22.9. The van der Waals surface area contributed by atoms with Crippen LogP contribution in [0, 0.1) is 0 Å². The molecular formula is C84H50O2. The lowest BCUT2D eigenvalue weighted by Crippen LogP contribution is -1.93. The van der Waals surface area contributed by atoms with Gasteiger partial charge in [0.1, 0.15) is 22.3 Å². The zero-order valence-electron chi connectivity index (χ0n) is 46.7. The number of para-hydroxylation sites is 2. The van der Waals surface area contributed by atoms with Crippen molar-refractivity contribution < 1.29 is 8.83 Å². The van der Waals surface area contributed by atoms with E-state index < -0.39 is 0 Å². The molecule has 0 fully saturated rings. The standard InChI is InChI=1S/C84H50O2/c1-2-19-56-48-58(45-36-51(56)18-1)80-66-24-7-5-22-64(66)78(65-23-6-8-25-67(65)80)54-41-37-52(38-42-54)62-46-47-63(84-83(62)73-31-14-16-34-76(73)86-84)53-39-43-55(44-40-53)79-68-26-9-11-28-70(68)81(71-29-12-10-27-69(71)79)74-50-59(49-57-20-3-4-21-60(57)74)61-32-17-35-77-82(61)72-30-13-15-33-75(72)85-77/h1-50H. The smallest absolute Gasteiger partial charge is 0.143 e. The Morgan fingerprint density at radius 2 is 0.558 bits per heavy atom. The van der Waals surface area contributed by atoms with Crippen LogP contribution in [0.5, 0.6) is 0 Å². The van der Waals surface area contributed by atoms with Gasteiger partial charge < -0.3 is 8.83 Å². The number of fused-ring (bicyclic) bond motifs is 12. The van der Waals surface area contributed by atoms with Crippen molar-refractivity contribution in [2.45, 2.75) is 0 Å². The second-order valence-electron chi connectivity index (χ2n) is 22.9. The average molecular weight is 1090 g/mol. The number of hydrogen-bond donors (Lipinski definition) is 0. The number of benzene rings is 16. The van der Waals surface area contributed by atoms with E-state index in [0.29, 0.717) is 0 Å². The Morgan fingerprint density at radius 3 is 1.14 bits per heavy atom. The van der Waals surface area contributed by atoms with E-state index in [1.54, 1.807) is 0 Å². The van der Waals surface area contributed by atoms with Gasteiger partial charge >= 0.3 is 0 Å². The monoisotopic (exact) mass is 1090 g/mol. The Labute approximate surface area is 495 Å². The maximum atomic E-state index is 6.94. The highest BCUT2D eigenvalue weighted by molar-refractivity contribution is 6.26. The van der Waals surface area contributed by atoms with Crippen LogP contribution in [0.3, 0.4) is 0 Å². The van der Waals surface area contributed by atoms with E-state index in [2.05, 4.69) is 297 Å². The van der Waals surface area contributed by atoms with E-state index in [1.165, 1.54) is 104 Å². The highest BCUT2D eigenvalue weighted by Crippen LogP contribution is 2.50. The van der Waals surface area contributed by atoms with E-state index in [1.807, 2.05) is 6.07 Å². The molecule has 0 spiro atoms. The van der Waals surface area contributed by atoms with Crippen molar-refractivity contribution in [1.29, 1.82) is 0 Å². The van der Waals surface area contributed by atoms with Crippen LogP contribution in [-0.2, 0) is 0 Å². The quantitative estimate of drug-likeness (QED) is 0.149. The highest BCUT2D eigenvalue weighted by Gasteiger charge is 2.23. The normalized spacial score (nSPS) is 12.0. The molecule has 2 nitrogen and oxygen atoms in total. The van der Waals surface area contributed by atoms with Crippen LogP contribution in [0.15, 0.2) is 312 Å². The zero-order chi connectivity index (χ0) is 56.4. The topological polar surface area (TPSA) is 26.3 Å². The van der Waals surface area contributed by atoms with Crippen molar-refractivity contribution in [3.8, 4) is 77.9 Å². The molecule has 2 aromatic heterocycles. The molecular weight excluding hydrogens is 1040 g/mol. The molecule has 0 aliphatic carbocycles. The summed E-state index contributed by atoms with van der Waals surface area (Å²) in [6.45, 7) is 0. The molecule has 0 radical (unpaired) electrons. The molecule has 0 N–H and O–H groups in total. The maximum Gasteiger partial charge on any atom is 0.143 e. The van der Waals surface area contributed by atoms with Crippen LogP contribution in [0.4, 0.5) is 0 Å². The molecule has 16 aromatic carbocycles. The zero-order valence-corrected chi connectivity index (χ0v) is 46.7. The second kappa shape index (κ2) is 19.1. The van der Waals surface area contributed by atoms with Gasteiger partial charge in [-0.05, 0) is 179 Å². The van der Waals surface area contributed by atoms with Gasteiger partial charge in [-0.25, -0.2) is 0 Å². The molecule has 2 heteroatoms. The molecule has 0 aliphatic rings. The lowest BCUT2D eigenvalue weighted by molar-refractivity contribution is 0.669. The third kappa shape index (κ3) is 7.40. The average Bonchev–Trinajstić information content (AvgIpc) is 1.48. The minimum absolute atomic E-state index is 0.872. The SMILES string of the molecule is c1ccc2cc(-c3c4ccccc4c(-c4ccc(-c5ccc(-c6ccc(-c7c8ccccc8c(-c8cc(-c9cccc%10oc%11ccccc%11c9%10)cc9ccccc89)c8ccccc78)cc6)c6oc7ccccc7c56)cc4)c4ccccc34)ccc2c1. The number of furan rings is 2. The van der Waals surface area contributed by atoms with Gasteiger partial charge in [-0.1, -0.05) is 261 Å². The van der Waals surface area contributed by atoms with E-state index in [-0.39, 0.29) is 0 Å². The van der Waals surface area contributed by atoms with E-state index in [9.17, 15) is 0 Å². The fourth-order valence-electron chi connectivity index (χ4n) is 14.4. The van der Waals surface area contributed by atoms with Gasteiger partial charge in [-0.3, -0.25) is 0 Å². The first-order valence-electron chi connectivity index (χ1n) is 29.6. The Morgan fingerprint density at radius 1 is 0.174 bits per heavy atom. The van der Waals surface area contributed by atoms with E-state index in [4.69, 9.17) is 8.83 Å². The van der Waals surface area contributed by atoms with Gasteiger partial charge in [0.2, 0.25) is 0 Å². The van der Waals surface area contributed by atoms with Crippen LogP contribution in [0.2, 0.25) is 0 Å². The molecule has 18 rings (SSSR count). The molecule has 0 unspecified atom stereocenters. The Hall–Kier alpha value is -11.3. The molecule has 398 valence electrons. The van der Waals surface area contributed by atoms with Crippen molar-refractivity contribution >= 4 is 109 Å². The van der Waals surface area contributed by atoms with E-state index >= 15 is 0 Å². The molecule has 0 saturated carbocycles. The lowest BCUT2D eigenvalue weighted by atomic mass is 9.83. The van der Waals surface area contributed by atoms with Gasteiger partial charge in [-0.15, -0.1) is 0 Å². The molecule has 2 heterocycles. The van der Waals surface area contributed by atoms with Crippen LogP contribution in [0.25, 0.3) is 186 Å².